The zero-order valence-corrected chi connectivity index (χ0v) is 31.8. The van der Waals surface area contributed by atoms with E-state index < -0.39 is 17.6 Å². The number of rotatable bonds is 13. The number of alkyl carbamates (subject to hydrolysis) is 1. The molecule has 0 aliphatic carbocycles. The molecule has 1 aliphatic heterocycles. The largest absolute Gasteiger partial charge is 0.444 e. The van der Waals surface area contributed by atoms with Gasteiger partial charge in [0.25, 0.3) is 5.91 Å². The smallest absolute Gasteiger partial charge is 0.407 e. The number of nitrogens with one attached hydrogen (secondary N) is 2. The molecule has 282 valence electrons. The second-order valence-corrected chi connectivity index (χ2v) is 14.6. The first-order valence-corrected chi connectivity index (χ1v) is 17.8. The van der Waals surface area contributed by atoms with E-state index in [9.17, 15) is 19.2 Å². The van der Waals surface area contributed by atoms with E-state index in [1.54, 1.807) is 40.7 Å². The zero-order chi connectivity index (χ0) is 38.2. The Balaban J connectivity index is 1.37. The maximum absolute atomic E-state index is 13.8. The molecule has 4 N–H and O–H groups in total. The van der Waals surface area contributed by atoms with Gasteiger partial charge in [0.1, 0.15) is 17.7 Å². The number of piperidine rings is 1. The number of carbonyl (C=O) groups excluding carboxylic acids is 4. The molecule has 4 rings (SSSR count). The van der Waals surface area contributed by atoms with Crippen molar-refractivity contribution in [1.82, 2.24) is 39.8 Å². The standard InChI is InChI=1S/C37H54N10O5/c1-24-25(2)28(16-15-26(24)21-30(49)44(6)7)42-35(50)32-31-33(38)40-23-41-34(31)47(43-32)27-13-11-20-46(22-27)29(48)14-12-19-45(8)18-10-9-17-39-36(51)52-37(3,4)5/h12,14-16,23,27H,9-11,13,17-22H2,1-8H3,(H,39,51)(H,42,50)(H2,38,40,41)/b14-12+/t27-/m1/s1. The Bertz CT molecular complexity index is 1800. The molecule has 1 atom stereocenters. The fraction of sp³-hybridized carbons (Fsp3) is 0.541. The Morgan fingerprint density at radius 2 is 1.83 bits per heavy atom. The first-order valence-electron chi connectivity index (χ1n) is 17.8. The van der Waals surface area contributed by atoms with Gasteiger partial charge < -0.3 is 35.8 Å². The van der Waals surface area contributed by atoms with Crippen molar-refractivity contribution in [2.75, 3.05) is 64.9 Å². The van der Waals surface area contributed by atoms with Crippen LogP contribution >= 0.6 is 0 Å². The van der Waals surface area contributed by atoms with Crippen LogP contribution in [0.1, 0.15) is 79.7 Å². The molecular formula is C37H54N10O5. The zero-order valence-electron chi connectivity index (χ0n) is 31.8. The second-order valence-electron chi connectivity index (χ2n) is 14.6. The lowest BCUT2D eigenvalue weighted by Gasteiger charge is -2.32. The fourth-order valence-corrected chi connectivity index (χ4v) is 6.01. The molecule has 3 heterocycles. The van der Waals surface area contributed by atoms with E-state index in [0.717, 1.165) is 48.9 Å². The predicted octanol–water partition coefficient (Wildman–Crippen LogP) is 3.86. The van der Waals surface area contributed by atoms with E-state index in [1.807, 2.05) is 53.8 Å². The van der Waals surface area contributed by atoms with Crippen molar-refractivity contribution in [3.05, 3.63) is 53.0 Å². The highest BCUT2D eigenvalue weighted by molar-refractivity contribution is 6.13. The third kappa shape index (κ3) is 10.5. The Kier molecular flexibility index (Phi) is 13.3. The van der Waals surface area contributed by atoms with Crippen molar-refractivity contribution >= 4 is 46.4 Å². The van der Waals surface area contributed by atoms with Gasteiger partial charge in [-0.1, -0.05) is 12.1 Å². The van der Waals surface area contributed by atoms with E-state index in [4.69, 9.17) is 15.6 Å². The van der Waals surface area contributed by atoms with Crippen LogP contribution in [0.15, 0.2) is 30.6 Å². The van der Waals surface area contributed by atoms with Crippen molar-refractivity contribution in [2.24, 2.45) is 0 Å². The number of hydrogen-bond donors (Lipinski definition) is 3. The summed E-state index contributed by atoms with van der Waals surface area (Å²) in [6, 6.07) is 3.42. The van der Waals surface area contributed by atoms with Crippen molar-refractivity contribution in [1.29, 1.82) is 0 Å². The van der Waals surface area contributed by atoms with Gasteiger partial charge in [-0.05, 0) is 96.7 Å². The highest BCUT2D eigenvalue weighted by Crippen LogP contribution is 2.30. The maximum Gasteiger partial charge on any atom is 0.407 e. The molecule has 52 heavy (non-hydrogen) atoms. The highest BCUT2D eigenvalue weighted by atomic mass is 16.6. The second kappa shape index (κ2) is 17.4. The van der Waals surface area contributed by atoms with Crippen molar-refractivity contribution in [3.8, 4) is 0 Å². The number of likely N-dealkylation sites (tertiary alicyclic amines) is 1. The lowest BCUT2D eigenvalue weighted by Crippen LogP contribution is -2.40. The van der Waals surface area contributed by atoms with Crippen LogP contribution in [0.25, 0.3) is 11.0 Å². The number of ether oxygens (including phenoxy) is 1. The van der Waals surface area contributed by atoms with Crippen LogP contribution < -0.4 is 16.4 Å². The van der Waals surface area contributed by atoms with Gasteiger partial charge >= 0.3 is 6.09 Å². The molecule has 0 saturated carbocycles. The normalized spacial score (nSPS) is 14.9. The number of nitrogens with zero attached hydrogens (tertiary/aromatic N) is 7. The molecule has 3 aromatic rings. The highest BCUT2D eigenvalue weighted by Gasteiger charge is 2.30. The van der Waals surface area contributed by atoms with Crippen LogP contribution in [0.2, 0.25) is 0 Å². The summed E-state index contributed by atoms with van der Waals surface area (Å²) in [5.41, 5.74) is 9.56. The third-order valence-electron chi connectivity index (χ3n) is 9.09. The molecule has 1 aliphatic rings. The summed E-state index contributed by atoms with van der Waals surface area (Å²) in [7, 11) is 5.43. The molecule has 15 nitrogen and oxygen atoms in total. The number of aromatic nitrogens is 4. The number of nitrogen functional groups attached to an aromatic ring is 1. The fourth-order valence-electron chi connectivity index (χ4n) is 6.01. The topological polar surface area (TPSA) is 181 Å². The van der Waals surface area contributed by atoms with Crippen molar-refractivity contribution < 1.29 is 23.9 Å². The van der Waals surface area contributed by atoms with Crippen LogP contribution in [0.5, 0.6) is 0 Å². The molecule has 1 saturated heterocycles. The number of benzene rings is 1. The molecule has 1 aromatic carbocycles. The van der Waals surface area contributed by atoms with Gasteiger partial charge in [-0.15, -0.1) is 0 Å². The van der Waals surface area contributed by atoms with Crippen LogP contribution in [0, 0.1) is 13.8 Å². The van der Waals surface area contributed by atoms with Crippen LogP contribution in [-0.4, -0.2) is 118 Å². The Labute approximate surface area is 305 Å². The number of nitrogens with two attached hydrogens (primary N) is 1. The summed E-state index contributed by atoms with van der Waals surface area (Å²) in [5, 5.41) is 10.8. The average molecular weight is 719 g/mol. The number of unbranched alkanes of at least 4 members (excludes halogenated alkanes) is 1. The summed E-state index contributed by atoms with van der Waals surface area (Å²) in [6.45, 7) is 12.3. The summed E-state index contributed by atoms with van der Waals surface area (Å²) < 4.78 is 6.95. The Hall–Kier alpha value is -5.05. The van der Waals surface area contributed by atoms with Crippen molar-refractivity contribution in [2.45, 2.75) is 78.4 Å². The van der Waals surface area contributed by atoms with E-state index in [1.165, 1.54) is 6.33 Å². The number of likely N-dealkylation sites (N-methyl/N-ethyl adjacent to an activating group) is 2. The van der Waals surface area contributed by atoms with E-state index >= 15 is 0 Å². The Morgan fingerprint density at radius 3 is 2.54 bits per heavy atom. The molecule has 0 bridgehead atoms. The number of hydrogen-bond acceptors (Lipinski definition) is 10. The maximum atomic E-state index is 13.8. The quantitative estimate of drug-likeness (QED) is 0.173. The van der Waals surface area contributed by atoms with E-state index in [2.05, 4.69) is 25.5 Å². The van der Waals surface area contributed by atoms with Gasteiger partial charge in [-0.2, -0.15) is 5.10 Å². The molecule has 2 aromatic heterocycles. The molecule has 1 fully saturated rings. The minimum absolute atomic E-state index is 0.00645. The summed E-state index contributed by atoms with van der Waals surface area (Å²) in [4.78, 5) is 65.1. The van der Waals surface area contributed by atoms with Gasteiger partial charge in [-0.3, -0.25) is 14.4 Å². The monoisotopic (exact) mass is 718 g/mol. The van der Waals surface area contributed by atoms with E-state index in [0.29, 0.717) is 42.9 Å². The van der Waals surface area contributed by atoms with Crippen molar-refractivity contribution in [3.63, 3.8) is 0 Å². The molecule has 0 radical (unpaired) electrons. The van der Waals surface area contributed by atoms with Gasteiger partial charge in [-0.25, -0.2) is 19.4 Å². The minimum atomic E-state index is -0.521. The predicted molar refractivity (Wildman–Crippen MR) is 201 cm³/mol. The number of amides is 4. The first kappa shape index (κ1) is 39.7. The Morgan fingerprint density at radius 1 is 1.08 bits per heavy atom. The van der Waals surface area contributed by atoms with Gasteiger partial charge in [0, 0.05) is 52.0 Å². The number of fused-ring (bicyclic) bond motifs is 1. The SMILES string of the molecule is Cc1c(CC(=O)N(C)C)ccc(NC(=O)c2nn([C@@H]3CCCN(C(=O)/C=C/CN(C)CCCCNC(=O)OC(C)(C)C)C3)c3ncnc(N)c23)c1C. The summed E-state index contributed by atoms with van der Waals surface area (Å²) in [6.07, 6.45) is 7.87. The van der Waals surface area contributed by atoms with Gasteiger partial charge in [0.2, 0.25) is 11.8 Å². The van der Waals surface area contributed by atoms with Crippen LogP contribution in [0.4, 0.5) is 16.3 Å². The first-order chi connectivity index (χ1) is 24.6. The lowest BCUT2D eigenvalue weighted by molar-refractivity contribution is -0.128. The minimum Gasteiger partial charge on any atom is -0.444 e. The summed E-state index contributed by atoms with van der Waals surface area (Å²) >= 11 is 0. The number of carbonyl (C=O) groups is 4. The molecule has 15 heteroatoms. The van der Waals surface area contributed by atoms with Crippen LogP contribution in [0.3, 0.4) is 0 Å². The molecule has 0 unspecified atom stereocenters. The van der Waals surface area contributed by atoms with Gasteiger partial charge in [0.05, 0.1) is 17.8 Å². The number of anilines is 2. The van der Waals surface area contributed by atoms with Gasteiger partial charge in [0.15, 0.2) is 11.3 Å². The third-order valence-corrected chi connectivity index (χ3v) is 9.09. The van der Waals surface area contributed by atoms with E-state index in [-0.39, 0.29) is 35.8 Å². The summed E-state index contributed by atoms with van der Waals surface area (Å²) in [5.74, 6) is -0.417. The average Bonchev–Trinajstić information content (AvgIpc) is 3.48. The van der Waals surface area contributed by atoms with Crippen LogP contribution in [-0.2, 0) is 20.7 Å². The molecular weight excluding hydrogens is 664 g/mol. The molecule has 4 amide bonds. The molecule has 0 spiro atoms. The lowest BCUT2D eigenvalue weighted by atomic mass is 9.98.